The van der Waals surface area contributed by atoms with Gasteiger partial charge in [-0.05, 0) is 42.5 Å². The van der Waals surface area contributed by atoms with Gasteiger partial charge in [0.05, 0.1) is 4.90 Å². The normalized spacial score (nSPS) is 11.0. The Hall–Kier alpha value is -4.02. The maximum atomic E-state index is 11.4. The summed E-state index contributed by atoms with van der Waals surface area (Å²) in [6.07, 6.45) is 0. The average Bonchev–Trinajstić information content (AvgIpc) is 2.75. The predicted octanol–water partition coefficient (Wildman–Crippen LogP) is 4.35. The number of hydrogen-bond acceptors (Lipinski definition) is 8. The van der Waals surface area contributed by atoms with Crippen LogP contribution in [0.5, 0.6) is 0 Å². The van der Waals surface area contributed by atoms with Crippen LogP contribution in [0.15, 0.2) is 89.8 Å². The molecule has 0 unspecified atom stereocenters. The molecule has 9 nitrogen and oxygen atoms in total. The Labute approximate surface area is 179 Å². The third-order valence-electron chi connectivity index (χ3n) is 4.08. The Morgan fingerprint density at radius 3 is 1.45 bits per heavy atom. The first-order chi connectivity index (χ1) is 15.0. The Balaban J connectivity index is 1.67. The third-order valence-corrected chi connectivity index (χ3v) is 4.93. The van der Waals surface area contributed by atoms with E-state index in [0.29, 0.717) is 5.69 Å². The molecule has 156 valence electrons. The van der Waals surface area contributed by atoms with Crippen LogP contribution in [0.3, 0.4) is 0 Å². The van der Waals surface area contributed by atoms with Crippen molar-refractivity contribution in [1.29, 1.82) is 0 Å². The fourth-order valence-corrected chi connectivity index (χ4v) is 3.23. The summed E-state index contributed by atoms with van der Waals surface area (Å²) in [4.78, 5) is 12.9. The van der Waals surface area contributed by atoms with E-state index in [1.54, 1.807) is 6.07 Å². The molecule has 1 aromatic heterocycles. The van der Waals surface area contributed by atoms with E-state index in [0.717, 1.165) is 11.4 Å². The maximum absolute atomic E-state index is 11.4. The molecule has 0 aliphatic carbocycles. The fourth-order valence-electron chi connectivity index (χ4n) is 2.71. The molecule has 0 aliphatic rings. The second-order valence-electron chi connectivity index (χ2n) is 6.42. The number of aromatic nitrogens is 3. The van der Waals surface area contributed by atoms with Crippen molar-refractivity contribution in [3.8, 4) is 0 Å². The van der Waals surface area contributed by atoms with E-state index >= 15 is 0 Å². The summed E-state index contributed by atoms with van der Waals surface area (Å²) >= 11 is 0. The lowest BCUT2D eigenvalue weighted by Gasteiger charge is -2.12. The van der Waals surface area contributed by atoms with Gasteiger partial charge in [0.1, 0.15) is 0 Å². The Kier molecular flexibility index (Phi) is 5.74. The summed E-state index contributed by atoms with van der Waals surface area (Å²) in [5.41, 5.74) is 1.97. The number of nitrogens with one attached hydrogen (secondary N) is 3. The second kappa shape index (κ2) is 8.78. The molecule has 1 heterocycles. The molecular formula is C21H18N6O3S. The van der Waals surface area contributed by atoms with Crippen molar-refractivity contribution in [3.05, 3.63) is 84.9 Å². The summed E-state index contributed by atoms with van der Waals surface area (Å²) in [7, 11) is -4.33. The Bertz CT molecular complexity index is 1230. The van der Waals surface area contributed by atoms with Crippen LogP contribution in [-0.4, -0.2) is 27.9 Å². The molecular weight excluding hydrogens is 416 g/mol. The van der Waals surface area contributed by atoms with Gasteiger partial charge in [-0.25, -0.2) is 0 Å². The van der Waals surface area contributed by atoms with Crippen LogP contribution in [0, 0.1) is 0 Å². The van der Waals surface area contributed by atoms with Crippen LogP contribution in [0.2, 0.25) is 0 Å². The highest BCUT2D eigenvalue weighted by molar-refractivity contribution is 7.85. The number of para-hydroxylation sites is 2. The van der Waals surface area contributed by atoms with Crippen LogP contribution in [0.4, 0.5) is 34.9 Å². The van der Waals surface area contributed by atoms with Crippen LogP contribution in [0.25, 0.3) is 0 Å². The summed E-state index contributed by atoms with van der Waals surface area (Å²) in [5, 5.41) is 9.18. The number of rotatable bonds is 7. The van der Waals surface area contributed by atoms with E-state index in [4.69, 9.17) is 0 Å². The summed E-state index contributed by atoms with van der Waals surface area (Å²) in [6.45, 7) is 0. The zero-order valence-corrected chi connectivity index (χ0v) is 16.9. The van der Waals surface area contributed by atoms with Crippen molar-refractivity contribution in [3.63, 3.8) is 0 Å². The van der Waals surface area contributed by atoms with Gasteiger partial charge in [0.2, 0.25) is 17.8 Å². The monoisotopic (exact) mass is 434 g/mol. The lowest BCUT2D eigenvalue weighted by Crippen LogP contribution is -2.07. The van der Waals surface area contributed by atoms with Gasteiger partial charge in [-0.15, -0.1) is 0 Å². The van der Waals surface area contributed by atoms with E-state index in [-0.39, 0.29) is 22.7 Å². The van der Waals surface area contributed by atoms with Crippen molar-refractivity contribution < 1.29 is 13.0 Å². The van der Waals surface area contributed by atoms with Crippen LogP contribution in [0.1, 0.15) is 0 Å². The highest BCUT2D eigenvalue weighted by Crippen LogP contribution is 2.22. The second-order valence-corrected chi connectivity index (χ2v) is 7.84. The highest BCUT2D eigenvalue weighted by atomic mass is 32.2. The van der Waals surface area contributed by atoms with Gasteiger partial charge in [0, 0.05) is 17.1 Å². The minimum absolute atomic E-state index is 0.180. The van der Waals surface area contributed by atoms with Crippen molar-refractivity contribution >= 4 is 45.0 Å². The third kappa shape index (κ3) is 5.53. The molecule has 4 N–H and O–H groups in total. The van der Waals surface area contributed by atoms with E-state index in [2.05, 4.69) is 30.9 Å². The van der Waals surface area contributed by atoms with E-state index < -0.39 is 10.1 Å². The molecule has 0 atom stereocenters. The van der Waals surface area contributed by atoms with Crippen molar-refractivity contribution in [1.82, 2.24) is 15.0 Å². The average molecular weight is 434 g/mol. The smallest absolute Gasteiger partial charge is 0.294 e. The van der Waals surface area contributed by atoms with Gasteiger partial charge in [-0.2, -0.15) is 23.4 Å². The first-order valence-corrected chi connectivity index (χ1v) is 10.6. The molecule has 3 aromatic carbocycles. The largest absolute Gasteiger partial charge is 0.324 e. The standard InChI is InChI=1S/C21H18N6O3S/c28-31(29,30)18-13-7-12-17(14-18)24-21-26-19(22-15-8-3-1-4-9-15)25-20(27-21)23-16-10-5-2-6-11-16/h1-14H,(H,28,29,30)(H3,22,23,24,25,26,27). The molecule has 4 aromatic rings. The summed E-state index contributed by atoms with van der Waals surface area (Å²) < 4.78 is 32.1. The van der Waals surface area contributed by atoms with E-state index in [1.165, 1.54) is 18.2 Å². The zero-order valence-electron chi connectivity index (χ0n) is 16.1. The van der Waals surface area contributed by atoms with Gasteiger partial charge in [0.25, 0.3) is 10.1 Å². The maximum Gasteiger partial charge on any atom is 0.294 e. The van der Waals surface area contributed by atoms with Crippen LogP contribution < -0.4 is 16.0 Å². The lowest BCUT2D eigenvalue weighted by molar-refractivity contribution is 0.483. The molecule has 10 heteroatoms. The molecule has 0 saturated carbocycles. The molecule has 0 amide bonds. The topological polar surface area (TPSA) is 129 Å². The van der Waals surface area contributed by atoms with Crippen molar-refractivity contribution in [2.24, 2.45) is 0 Å². The molecule has 0 spiro atoms. The number of nitrogens with zero attached hydrogens (tertiary/aromatic N) is 3. The minimum Gasteiger partial charge on any atom is -0.324 e. The molecule has 0 saturated heterocycles. The molecule has 0 fully saturated rings. The molecule has 0 aliphatic heterocycles. The SMILES string of the molecule is O=S(=O)(O)c1cccc(Nc2nc(Nc3ccccc3)nc(Nc3ccccc3)n2)c1. The predicted molar refractivity (Wildman–Crippen MR) is 119 cm³/mol. The number of anilines is 6. The van der Waals surface area contributed by atoms with Crippen molar-refractivity contribution in [2.45, 2.75) is 4.90 Å². The van der Waals surface area contributed by atoms with Gasteiger partial charge in [-0.3, -0.25) is 4.55 Å². The molecule has 4 rings (SSSR count). The van der Waals surface area contributed by atoms with Gasteiger partial charge < -0.3 is 16.0 Å². The minimum atomic E-state index is -4.33. The summed E-state index contributed by atoms with van der Waals surface area (Å²) in [6, 6.07) is 24.5. The first kappa shape index (κ1) is 20.3. The van der Waals surface area contributed by atoms with Crippen LogP contribution >= 0.6 is 0 Å². The Morgan fingerprint density at radius 2 is 1.00 bits per heavy atom. The highest BCUT2D eigenvalue weighted by Gasteiger charge is 2.12. The van der Waals surface area contributed by atoms with Crippen LogP contribution in [-0.2, 0) is 10.1 Å². The molecule has 31 heavy (non-hydrogen) atoms. The number of benzene rings is 3. The quantitative estimate of drug-likeness (QED) is 0.314. The molecule has 0 radical (unpaired) electrons. The molecule has 0 bridgehead atoms. The lowest BCUT2D eigenvalue weighted by atomic mass is 10.3. The number of hydrogen-bond donors (Lipinski definition) is 4. The summed E-state index contributed by atoms with van der Waals surface area (Å²) in [5.74, 6) is 0.750. The van der Waals surface area contributed by atoms with Gasteiger partial charge >= 0.3 is 0 Å². The Morgan fingerprint density at radius 1 is 0.581 bits per heavy atom. The zero-order chi connectivity index (χ0) is 21.7. The van der Waals surface area contributed by atoms with E-state index in [9.17, 15) is 13.0 Å². The fraction of sp³-hybridized carbons (Fsp3) is 0. The first-order valence-electron chi connectivity index (χ1n) is 9.20. The van der Waals surface area contributed by atoms with Gasteiger partial charge in [0.15, 0.2) is 0 Å². The van der Waals surface area contributed by atoms with Gasteiger partial charge in [-0.1, -0.05) is 42.5 Å². The van der Waals surface area contributed by atoms with Crippen molar-refractivity contribution in [2.75, 3.05) is 16.0 Å². The van der Waals surface area contributed by atoms with E-state index in [1.807, 2.05) is 60.7 Å².